The number of nitrogens with one attached hydrogen (secondary N) is 1. The molecular weight excluding hydrogens is 291 g/mol. The van der Waals surface area contributed by atoms with Crippen molar-refractivity contribution in [3.05, 3.63) is 70.3 Å². The van der Waals surface area contributed by atoms with E-state index in [0.717, 1.165) is 33.5 Å². The number of aromatic nitrogens is 1. The van der Waals surface area contributed by atoms with Gasteiger partial charge in [0.1, 0.15) is 5.82 Å². The fourth-order valence-electron chi connectivity index (χ4n) is 3.41. The van der Waals surface area contributed by atoms with Gasteiger partial charge in [0.2, 0.25) is 0 Å². The number of carbonyl (C=O) groups excluding carboxylic acids is 1. The average Bonchev–Trinajstić information content (AvgIpc) is 2.94. The first kappa shape index (κ1) is 14.1. The normalized spacial score (nSPS) is 18.0. The highest BCUT2D eigenvalue weighted by atomic mass is 19.1. The van der Waals surface area contributed by atoms with Crippen molar-refractivity contribution < 1.29 is 9.18 Å². The molecular formula is C19H17FN2O. The SMILES string of the molecule is CC1(C)CNC(=O)c2ccc(C3=CCc4ncc(F)cc43)cc21. The van der Waals surface area contributed by atoms with Gasteiger partial charge in [0.25, 0.3) is 5.91 Å². The summed E-state index contributed by atoms with van der Waals surface area (Å²) in [6.07, 6.45) is 4.05. The number of halogens is 1. The number of hydrogen-bond acceptors (Lipinski definition) is 2. The Kier molecular flexibility index (Phi) is 2.92. The summed E-state index contributed by atoms with van der Waals surface area (Å²) in [7, 11) is 0. The first-order chi connectivity index (χ1) is 11.0. The van der Waals surface area contributed by atoms with E-state index < -0.39 is 0 Å². The summed E-state index contributed by atoms with van der Waals surface area (Å²) in [5.74, 6) is -0.353. The summed E-state index contributed by atoms with van der Waals surface area (Å²) in [5.41, 5.74) is 5.40. The van der Waals surface area contributed by atoms with E-state index in [9.17, 15) is 9.18 Å². The average molecular weight is 308 g/mol. The zero-order valence-corrected chi connectivity index (χ0v) is 13.1. The number of fused-ring (bicyclic) bond motifs is 2. The lowest BCUT2D eigenvalue weighted by molar-refractivity contribution is 0.0930. The van der Waals surface area contributed by atoms with Crippen molar-refractivity contribution in [2.75, 3.05) is 6.54 Å². The zero-order valence-electron chi connectivity index (χ0n) is 13.1. The molecule has 1 aromatic carbocycles. The Bertz CT molecular complexity index is 868. The van der Waals surface area contributed by atoms with Crippen LogP contribution < -0.4 is 5.32 Å². The minimum absolute atomic E-state index is 0.0283. The topological polar surface area (TPSA) is 42.0 Å². The van der Waals surface area contributed by atoms with Crippen LogP contribution in [0.15, 0.2) is 36.5 Å². The van der Waals surface area contributed by atoms with Crippen LogP contribution in [0.4, 0.5) is 4.39 Å². The molecule has 2 aliphatic rings. The van der Waals surface area contributed by atoms with Crippen molar-refractivity contribution in [1.82, 2.24) is 10.3 Å². The summed E-state index contributed by atoms with van der Waals surface area (Å²) >= 11 is 0. The highest BCUT2D eigenvalue weighted by Crippen LogP contribution is 2.36. The van der Waals surface area contributed by atoms with Gasteiger partial charge in [-0.05, 0) is 34.9 Å². The van der Waals surface area contributed by atoms with Gasteiger partial charge in [0.15, 0.2) is 0 Å². The minimum atomic E-state index is -0.325. The van der Waals surface area contributed by atoms with E-state index in [4.69, 9.17) is 0 Å². The molecule has 0 saturated heterocycles. The molecule has 2 aromatic rings. The number of benzene rings is 1. The molecule has 0 atom stereocenters. The Balaban J connectivity index is 1.84. The smallest absolute Gasteiger partial charge is 0.251 e. The standard InChI is InChI=1S/C19H17FN2O/c1-19(2)10-22-18(23)14-4-3-11(7-16(14)19)13-5-6-17-15(13)8-12(20)9-21-17/h3-5,7-9H,6,10H2,1-2H3,(H,22,23). The van der Waals surface area contributed by atoms with Crippen molar-refractivity contribution in [3.8, 4) is 0 Å². The molecule has 0 radical (unpaired) electrons. The zero-order chi connectivity index (χ0) is 16.2. The van der Waals surface area contributed by atoms with Gasteiger partial charge in [-0.3, -0.25) is 9.78 Å². The van der Waals surface area contributed by atoms with E-state index in [2.05, 4.69) is 36.3 Å². The third-order valence-electron chi connectivity index (χ3n) is 4.72. The Morgan fingerprint density at radius 3 is 2.87 bits per heavy atom. The van der Waals surface area contributed by atoms with Gasteiger partial charge in [-0.15, -0.1) is 0 Å². The second kappa shape index (κ2) is 4.75. The van der Waals surface area contributed by atoms with Crippen molar-refractivity contribution >= 4 is 11.5 Å². The van der Waals surface area contributed by atoms with Crippen molar-refractivity contribution in [2.24, 2.45) is 0 Å². The lowest BCUT2D eigenvalue weighted by Gasteiger charge is -2.33. The van der Waals surface area contributed by atoms with Gasteiger partial charge in [0, 0.05) is 29.5 Å². The van der Waals surface area contributed by atoms with Crippen LogP contribution in [0.1, 0.15) is 46.6 Å². The van der Waals surface area contributed by atoms with Crippen LogP contribution in [0.25, 0.3) is 5.57 Å². The molecule has 1 aromatic heterocycles. The molecule has 4 rings (SSSR count). The quantitative estimate of drug-likeness (QED) is 0.879. The maximum atomic E-state index is 13.6. The van der Waals surface area contributed by atoms with Crippen molar-refractivity contribution in [3.63, 3.8) is 0 Å². The predicted molar refractivity (Wildman–Crippen MR) is 86.8 cm³/mol. The van der Waals surface area contributed by atoms with Gasteiger partial charge in [-0.25, -0.2) is 4.39 Å². The van der Waals surface area contributed by atoms with Crippen LogP contribution in [0.3, 0.4) is 0 Å². The number of hydrogen-bond donors (Lipinski definition) is 1. The second-order valence-electron chi connectivity index (χ2n) is 6.80. The fraction of sp³-hybridized carbons (Fsp3) is 0.263. The first-order valence-electron chi connectivity index (χ1n) is 7.74. The third kappa shape index (κ3) is 2.17. The van der Waals surface area contributed by atoms with Gasteiger partial charge in [0.05, 0.1) is 11.9 Å². The Labute approximate surface area is 134 Å². The third-order valence-corrected chi connectivity index (χ3v) is 4.72. The van der Waals surface area contributed by atoms with E-state index in [1.54, 1.807) is 6.07 Å². The summed E-state index contributed by atoms with van der Waals surface area (Å²) in [4.78, 5) is 16.2. The van der Waals surface area contributed by atoms with Crippen LogP contribution in [-0.2, 0) is 11.8 Å². The predicted octanol–water partition coefficient (Wildman–Crippen LogP) is 3.23. The second-order valence-corrected chi connectivity index (χ2v) is 6.80. The van der Waals surface area contributed by atoms with Crippen molar-refractivity contribution in [2.45, 2.75) is 25.7 Å². The molecule has 0 saturated carbocycles. The van der Waals surface area contributed by atoms with Crippen LogP contribution in [0, 0.1) is 5.82 Å². The molecule has 1 amide bonds. The Morgan fingerprint density at radius 2 is 2.04 bits per heavy atom. The van der Waals surface area contributed by atoms with Crippen LogP contribution in [0.2, 0.25) is 0 Å². The number of allylic oxidation sites excluding steroid dienone is 1. The monoisotopic (exact) mass is 308 g/mol. The van der Waals surface area contributed by atoms with E-state index in [1.807, 2.05) is 12.1 Å². The number of carbonyl (C=O) groups is 1. The Morgan fingerprint density at radius 1 is 1.22 bits per heavy atom. The van der Waals surface area contributed by atoms with Gasteiger partial charge in [-0.2, -0.15) is 0 Å². The van der Waals surface area contributed by atoms with Gasteiger partial charge >= 0.3 is 0 Å². The van der Waals surface area contributed by atoms with Crippen molar-refractivity contribution in [1.29, 1.82) is 0 Å². The molecule has 0 fully saturated rings. The lowest BCUT2D eigenvalue weighted by atomic mass is 9.77. The van der Waals surface area contributed by atoms with Crippen LogP contribution in [-0.4, -0.2) is 17.4 Å². The van der Waals surface area contributed by atoms with Crippen LogP contribution >= 0.6 is 0 Å². The fourth-order valence-corrected chi connectivity index (χ4v) is 3.41. The van der Waals surface area contributed by atoms with E-state index in [1.165, 1.54) is 6.20 Å². The molecule has 1 N–H and O–H groups in total. The maximum absolute atomic E-state index is 13.6. The highest BCUT2D eigenvalue weighted by Gasteiger charge is 2.32. The number of nitrogens with zero attached hydrogens (tertiary/aromatic N) is 1. The molecule has 1 aliphatic heterocycles. The minimum Gasteiger partial charge on any atom is -0.351 e. The number of pyridine rings is 1. The Hall–Kier alpha value is -2.49. The first-order valence-corrected chi connectivity index (χ1v) is 7.74. The number of rotatable bonds is 1. The van der Waals surface area contributed by atoms with E-state index in [-0.39, 0.29) is 17.1 Å². The van der Waals surface area contributed by atoms with E-state index in [0.29, 0.717) is 13.0 Å². The molecule has 0 unspecified atom stereocenters. The molecule has 4 heteroatoms. The molecule has 2 heterocycles. The molecule has 3 nitrogen and oxygen atoms in total. The molecule has 116 valence electrons. The lowest BCUT2D eigenvalue weighted by Crippen LogP contribution is -2.43. The molecule has 1 aliphatic carbocycles. The summed E-state index contributed by atoms with van der Waals surface area (Å²) in [6.45, 7) is 4.86. The number of amides is 1. The molecule has 0 spiro atoms. The maximum Gasteiger partial charge on any atom is 0.251 e. The molecule has 23 heavy (non-hydrogen) atoms. The summed E-state index contributed by atoms with van der Waals surface area (Å²) in [6, 6.07) is 7.41. The van der Waals surface area contributed by atoms with Gasteiger partial charge in [-0.1, -0.05) is 26.0 Å². The summed E-state index contributed by atoms with van der Waals surface area (Å²) < 4.78 is 13.6. The summed E-state index contributed by atoms with van der Waals surface area (Å²) in [5, 5.41) is 2.93. The van der Waals surface area contributed by atoms with Crippen LogP contribution in [0.5, 0.6) is 0 Å². The highest BCUT2D eigenvalue weighted by molar-refractivity contribution is 5.98. The van der Waals surface area contributed by atoms with E-state index >= 15 is 0 Å². The molecule has 0 bridgehead atoms. The van der Waals surface area contributed by atoms with Gasteiger partial charge < -0.3 is 5.32 Å². The largest absolute Gasteiger partial charge is 0.351 e.